The molecule has 3 N–H and O–H groups in total. The first-order valence-electron chi connectivity index (χ1n) is 7.11. The van der Waals surface area contributed by atoms with Gasteiger partial charge in [-0.15, -0.1) is 0 Å². The molecule has 1 heterocycles. The van der Waals surface area contributed by atoms with E-state index in [1.54, 1.807) is 24.4 Å². The van der Waals surface area contributed by atoms with E-state index in [1.807, 2.05) is 6.07 Å². The Kier molecular flexibility index (Phi) is 3.56. The molecule has 0 amide bonds. The molecule has 0 bridgehead atoms. The van der Waals surface area contributed by atoms with Crippen molar-refractivity contribution >= 4 is 11.9 Å². The Morgan fingerprint density at radius 1 is 1.24 bits per heavy atom. The van der Waals surface area contributed by atoms with Crippen LogP contribution < -0.4 is 5.73 Å². The normalized spacial score (nSPS) is 15.2. The smallest absolute Gasteiger partial charge is 0.335 e. The molecule has 1 aliphatic carbocycles. The SMILES string of the molecule is Nc1nccc(-c2ccc(C(=O)O)c(C3CCCC3)c2)n1. The number of aromatic carboxylic acids is 1. The maximum Gasteiger partial charge on any atom is 0.335 e. The third-order valence-electron chi connectivity index (χ3n) is 4.05. The Morgan fingerprint density at radius 2 is 2.00 bits per heavy atom. The molecule has 1 aliphatic rings. The van der Waals surface area contributed by atoms with Gasteiger partial charge in [0, 0.05) is 11.8 Å². The second kappa shape index (κ2) is 5.52. The summed E-state index contributed by atoms with van der Waals surface area (Å²) in [6.07, 6.45) is 6.03. The van der Waals surface area contributed by atoms with Crippen LogP contribution in [-0.2, 0) is 0 Å². The summed E-state index contributed by atoms with van der Waals surface area (Å²) >= 11 is 0. The molecule has 0 spiro atoms. The van der Waals surface area contributed by atoms with E-state index < -0.39 is 5.97 Å². The second-order valence-corrected chi connectivity index (χ2v) is 5.39. The van der Waals surface area contributed by atoms with Crippen molar-refractivity contribution in [3.63, 3.8) is 0 Å². The van der Waals surface area contributed by atoms with Crippen LogP contribution in [0.2, 0.25) is 0 Å². The Balaban J connectivity index is 2.07. The monoisotopic (exact) mass is 283 g/mol. The minimum atomic E-state index is -0.870. The van der Waals surface area contributed by atoms with Crippen molar-refractivity contribution in [1.82, 2.24) is 9.97 Å². The van der Waals surface area contributed by atoms with Gasteiger partial charge in [-0.05, 0) is 42.5 Å². The van der Waals surface area contributed by atoms with Crippen molar-refractivity contribution in [3.8, 4) is 11.3 Å². The van der Waals surface area contributed by atoms with Crippen LogP contribution >= 0.6 is 0 Å². The van der Waals surface area contributed by atoms with E-state index >= 15 is 0 Å². The maximum absolute atomic E-state index is 11.4. The molecule has 0 unspecified atom stereocenters. The Bertz CT molecular complexity index is 679. The van der Waals surface area contributed by atoms with E-state index in [2.05, 4.69) is 9.97 Å². The minimum Gasteiger partial charge on any atom is -0.478 e. The zero-order valence-corrected chi connectivity index (χ0v) is 11.6. The van der Waals surface area contributed by atoms with Gasteiger partial charge in [0.15, 0.2) is 0 Å². The van der Waals surface area contributed by atoms with Gasteiger partial charge in [0.25, 0.3) is 0 Å². The summed E-state index contributed by atoms with van der Waals surface area (Å²) in [5, 5.41) is 9.39. The molecule has 5 heteroatoms. The van der Waals surface area contributed by atoms with E-state index in [0.717, 1.165) is 42.5 Å². The van der Waals surface area contributed by atoms with Gasteiger partial charge >= 0.3 is 5.97 Å². The van der Waals surface area contributed by atoms with Crippen LogP contribution in [0.1, 0.15) is 47.5 Å². The number of nitrogens with zero attached hydrogens (tertiary/aromatic N) is 2. The number of nitrogens with two attached hydrogens (primary N) is 1. The van der Waals surface area contributed by atoms with Crippen molar-refractivity contribution in [2.75, 3.05) is 5.73 Å². The van der Waals surface area contributed by atoms with Crippen LogP contribution in [0.25, 0.3) is 11.3 Å². The first-order chi connectivity index (χ1) is 10.1. The molecule has 0 saturated heterocycles. The molecule has 2 aromatic rings. The molecule has 3 rings (SSSR count). The van der Waals surface area contributed by atoms with Crippen LogP contribution in [-0.4, -0.2) is 21.0 Å². The number of anilines is 1. The zero-order chi connectivity index (χ0) is 14.8. The lowest BCUT2D eigenvalue weighted by molar-refractivity contribution is 0.0695. The number of carbonyl (C=O) groups is 1. The van der Waals surface area contributed by atoms with Crippen molar-refractivity contribution in [1.29, 1.82) is 0 Å². The van der Waals surface area contributed by atoms with Crippen molar-refractivity contribution in [2.45, 2.75) is 31.6 Å². The van der Waals surface area contributed by atoms with E-state index in [0.29, 0.717) is 11.5 Å². The Morgan fingerprint density at radius 3 is 2.67 bits per heavy atom. The van der Waals surface area contributed by atoms with Crippen LogP contribution in [0.5, 0.6) is 0 Å². The third-order valence-corrected chi connectivity index (χ3v) is 4.05. The highest BCUT2D eigenvalue weighted by Crippen LogP contribution is 2.37. The fourth-order valence-corrected chi connectivity index (χ4v) is 3.03. The lowest BCUT2D eigenvalue weighted by atomic mass is 9.90. The molecule has 5 nitrogen and oxygen atoms in total. The van der Waals surface area contributed by atoms with Gasteiger partial charge in [-0.25, -0.2) is 14.8 Å². The van der Waals surface area contributed by atoms with Crippen LogP contribution in [0, 0.1) is 0 Å². The van der Waals surface area contributed by atoms with Crippen molar-refractivity contribution in [2.24, 2.45) is 0 Å². The summed E-state index contributed by atoms with van der Waals surface area (Å²) in [6, 6.07) is 7.18. The number of aromatic nitrogens is 2. The van der Waals surface area contributed by atoms with Gasteiger partial charge in [-0.2, -0.15) is 0 Å². The van der Waals surface area contributed by atoms with E-state index in [4.69, 9.17) is 5.73 Å². The second-order valence-electron chi connectivity index (χ2n) is 5.39. The lowest BCUT2D eigenvalue weighted by Crippen LogP contribution is -2.06. The molecule has 21 heavy (non-hydrogen) atoms. The number of benzene rings is 1. The summed E-state index contributed by atoms with van der Waals surface area (Å²) in [5.74, 6) is -0.321. The number of rotatable bonds is 3. The standard InChI is InChI=1S/C16H17N3O2/c17-16-18-8-7-14(19-16)11-5-6-12(15(20)21)13(9-11)10-3-1-2-4-10/h5-10H,1-4H2,(H,20,21)(H2,17,18,19). The maximum atomic E-state index is 11.4. The number of nitrogen functional groups attached to an aromatic ring is 1. The third kappa shape index (κ3) is 2.72. The summed E-state index contributed by atoms with van der Waals surface area (Å²) < 4.78 is 0. The highest BCUT2D eigenvalue weighted by Gasteiger charge is 2.23. The van der Waals surface area contributed by atoms with E-state index in [1.165, 1.54) is 0 Å². The lowest BCUT2D eigenvalue weighted by Gasteiger charge is -2.14. The number of hydrogen-bond acceptors (Lipinski definition) is 4. The predicted molar refractivity (Wildman–Crippen MR) is 80.0 cm³/mol. The molecular weight excluding hydrogens is 266 g/mol. The fourth-order valence-electron chi connectivity index (χ4n) is 3.03. The molecule has 0 aliphatic heterocycles. The summed E-state index contributed by atoms with van der Waals surface area (Å²) in [5.41, 5.74) is 8.53. The summed E-state index contributed by atoms with van der Waals surface area (Å²) in [4.78, 5) is 19.5. The first-order valence-corrected chi connectivity index (χ1v) is 7.11. The topological polar surface area (TPSA) is 89.1 Å². The predicted octanol–water partition coefficient (Wildman–Crippen LogP) is 3.08. The minimum absolute atomic E-state index is 0.220. The van der Waals surface area contributed by atoms with Gasteiger partial charge in [0.1, 0.15) is 0 Å². The molecule has 108 valence electrons. The highest BCUT2D eigenvalue weighted by molar-refractivity contribution is 5.90. The molecule has 1 aromatic heterocycles. The largest absolute Gasteiger partial charge is 0.478 e. The average molecular weight is 283 g/mol. The van der Waals surface area contributed by atoms with E-state index in [9.17, 15) is 9.90 Å². The molecule has 1 fully saturated rings. The van der Waals surface area contributed by atoms with Gasteiger partial charge in [-0.1, -0.05) is 18.9 Å². The molecular formula is C16H17N3O2. The number of hydrogen-bond donors (Lipinski definition) is 2. The molecule has 1 saturated carbocycles. The van der Waals surface area contributed by atoms with Crippen molar-refractivity contribution < 1.29 is 9.90 Å². The first kappa shape index (κ1) is 13.5. The van der Waals surface area contributed by atoms with Gasteiger partial charge in [-0.3, -0.25) is 0 Å². The van der Waals surface area contributed by atoms with Crippen molar-refractivity contribution in [3.05, 3.63) is 41.6 Å². The fraction of sp³-hybridized carbons (Fsp3) is 0.312. The number of carboxylic acid groups (broad SMARTS) is 1. The molecule has 1 aromatic carbocycles. The Labute approximate surface area is 122 Å². The van der Waals surface area contributed by atoms with Gasteiger partial charge < -0.3 is 10.8 Å². The Hall–Kier alpha value is -2.43. The summed E-state index contributed by atoms with van der Waals surface area (Å²) in [6.45, 7) is 0. The quantitative estimate of drug-likeness (QED) is 0.903. The van der Waals surface area contributed by atoms with Crippen LogP contribution in [0.3, 0.4) is 0 Å². The van der Waals surface area contributed by atoms with Crippen LogP contribution in [0.4, 0.5) is 5.95 Å². The molecule has 0 atom stereocenters. The van der Waals surface area contributed by atoms with Crippen LogP contribution in [0.15, 0.2) is 30.5 Å². The molecule has 0 radical (unpaired) electrons. The van der Waals surface area contributed by atoms with E-state index in [-0.39, 0.29) is 5.95 Å². The number of carboxylic acids is 1. The zero-order valence-electron chi connectivity index (χ0n) is 11.6. The van der Waals surface area contributed by atoms with Gasteiger partial charge in [0.2, 0.25) is 5.95 Å². The summed E-state index contributed by atoms with van der Waals surface area (Å²) in [7, 11) is 0. The van der Waals surface area contributed by atoms with Gasteiger partial charge in [0.05, 0.1) is 11.3 Å². The average Bonchev–Trinajstić information content (AvgIpc) is 3.00. The highest BCUT2D eigenvalue weighted by atomic mass is 16.4.